The van der Waals surface area contributed by atoms with E-state index in [2.05, 4.69) is 15.3 Å². The molecule has 0 spiro atoms. The van der Waals surface area contributed by atoms with Gasteiger partial charge in [0.15, 0.2) is 5.69 Å². The first-order valence-corrected chi connectivity index (χ1v) is 15.2. The summed E-state index contributed by atoms with van der Waals surface area (Å²) in [5.74, 6) is -1.11. The number of benzene rings is 2. The highest BCUT2D eigenvalue weighted by Gasteiger charge is 2.32. The van der Waals surface area contributed by atoms with E-state index < -0.39 is 30.9 Å². The number of sulfonamides is 1. The maximum Gasteiger partial charge on any atom is 0.275 e. The van der Waals surface area contributed by atoms with Gasteiger partial charge in [-0.1, -0.05) is 41.4 Å². The molecule has 0 aliphatic carbocycles. The van der Waals surface area contributed by atoms with Gasteiger partial charge in [-0.3, -0.25) is 4.79 Å². The molecule has 1 aliphatic rings. The molecule has 2 aromatic carbocycles. The number of halogens is 1. The number of anilines is 1. The molecular formula is C25H27ClN4O6S2. The second-order valence-electron chi connectivity index (χ2n) is 9.16. The third kappa shape index (κ3) is 6.38. The summed E-state index contributed by atoms with van der Waals surface area (Å²) in [7, 11) is -7.71. The molecule has 1 fully saturated rings. The van der Waals surface area contributed by atoms with Crippen molar-refractivity contribution in [3.8, 4) is 0 Å². The summed E-state index contributed by atoms with van der Waals surface area (Å²) in [5, 5.41) is 1.91. The molecule has 1 amide bonds. The van der Waals surface area contributed by atoms with Crippen molar-refractivity contribution < 1.29 is 26.4 Å². The van der Waals surface area contributed by atoms with Gasteiger partial charge >= 0.3 is 0 Å². The molecule has 13 heteroatoms. The molecule has 1 aliphatic heterocycles. The fourth-order valence-electron chi connectivity index (χ4n) is 4.12. The van der Waals surface area contributed by atoms with Gasteiger partial charge in [-0.05, 0) is 50.6 Å². The van der Waals surface area contributed by atoms with Gasteiger partial charge in [-0.2, -0.15) is 4.31 Å². The Morgan fingerprint density at radius 1 is 1.08 bits per heavy atom. The van der Waals surface area contributed by atoms with Crippen molar-refractivity contribution >= 4 is 43.1 Å². The molecule has 0 bridgehead atoms. The van der Waals surface area contributed by atoms with Gasteiger partial charge in [0, 0.05) is 18.8 Å². The predicted octanol–water partition coefficient (Wildman–Crippen LogP) is 3.46. The largest absolute Gasteiger partial charge is 0.373 e. The van der Waals surface area contributed by atoms with Gasteiger partial charge in [0.05, 0.1) is 34.1 Å². The summed E-state index contributed by atoms with van der Waals surface area (Å²) in [6.45, 7) is 5.96. The Bertz CT molecular complexity index is 1550. The minimum absolute atomic E-state index is 0.0707. The number of carbonyl (C=O) groups excluding carboxylic acids is 1. The summed E-state index contributed by atoms with van der Waals surface area (Å²) in [5.41, 5.74) is 1.42. The predicted molar refractivity (Wildman–Crippen MR) is 142 cm³/mol. The third-order valence-corrected chi connectivity index (χ3v) is 9.38. The van der Waals surface area contributed by atoms with Crippen molar-refractivity contribution in [2.24, 2.45) is 0 Å². The zero-order valence-corrected chi connectivity index (χ0v) is 23.3. The van der Waals surface area contributed by atoms with Crippen LogP contribution in [0.2, 0.25) is 5.02 Å². The summed E-state index contributed by atoms with van der Waals surface area (Å²) >= 11 is 6.11. The second-order valence-corrected chi connectivity index (χ2v) is 13.4. The minimum atomic E-state index is -3.96. The van der Waals surface area contributed by atoms with E-state index in [0.717, 1.165) is 11.8 Å². The summed E-state index contributed by atoms with van der Waals surface area (Å²) in [6.07, 6.45) is 0.609. The zero-order valence-electron chi connectivity index (χ0n) is 21.0. The van der Waals surface area contributed by atoms with Crippen LogP contribution < -0.4 is 5.32 Å². The average molecular weight is 579 g/mol. The van der Waals surface area contributed by atoms with Crippen LogP contribution in [0.15, 0.2) is 64.8 Å². The van der Waals surface area contributed by atoms with E-state index in [1.165, 1.54) is 28.6 Å². The quantitative estimate of drug-likeness (QED) is 0.421. The molecule has 2 heterocycles. The number of hydrogen-bond acceptors (Lipinski definition) is 8. The number of sulfone groups is 1. The van der Waals surface area contributed by atoms with Crippen LogP contribution in [0.5, 0.6) is 0 Å². The average Bonchev–Trinajstić information content (AvgIpc) is 2.83. The van der Waals surface area contributed by atoms with Crippen LogP contribution in [0.25, 0.3) is 0 Å². The number of nitrogens with one attached hydrogen (secondary N) is 1. The third-order valence-electron chi connectivity index (χ3n) is 5.79. The lowest BCUT2D eigenvalue weighted by Crippen LogP contribution is -2.48. The lowest BCUT2D eigenvalue weighted by molar-refractivity contribution is -0.0440. The normalized spacial score (nSPS) is 18.7. The number of aromatic nitrogens is 2. The van der Waals surface area contributed by atoms with Crippen molar-refractivity contribution in [1.82, 2.24) is 14.3 Å². The number of rotatable bonds is 7. The molecule has 0 saturated carbocycles. The van der Waals surface area contributed by atoms with Crippen LogP contribution in [0.1, 0.15) is 35.5 Å². The SMILES string of the molecule is Cc1cccc(CS(=O)(=O)c2ncc(Cl)c(C(=O)Nc3ccc(S(=O)(=O)N4CC(C)OC(C)C4)cc3)n2)c1. The monoisotopic (exact) mass is 578 g/mol. The Balaban J connectivity index is 1.51. The van der Waals surface area contributed by atoms with Gasteiger partial charge in [-0.25, -0.2) is 26.8 Å². The fraction of sp³-hybridized carbons (Fsp3) is 0.320. The van der Waals surface area contributed by atoms with Gasteiger partial charge < -0.3 is 10.1 Å². The lowest BCUT2D eigenvalue weighted by Gasteiger charge is -2.34. The zero-order chi connectivity index (χ0) is 27.7. The summed E-state index contributed by atoms with van der Waals surface area (Å²) in [4.78, 5) is 20.7. The maximum atomic E-state index is 13.1. The van der Waals surface area contributed by atoms with E-state index in [-0.39, 0.29) is 52.3 Å². The van der Waals surface area contributed by atoms with E-state index in [4.69, 9.17) is 16.3 Å². The molecule has 1 N–H and O–H groups in total. The van der Waals surface area contributed by atoms with Crippen LogP contribution in [0.4, 0.5) is 5.69 Å². The first-order chi connectivity index (χ1) is 17.8. The summed E-state index contributed by atoms with van der Waals surface area (Å²) < 4.78 is 58.9. The molecule has 10 nitrogen and oxygen atoms in total. The van der Waals surface area contributed by atoms with Crippen molar-refractivity contribution in [3.05, 3.63) is 76.6 Å². The summed E-state index contributed by atoms with van der Waals surface area (Å²) in [6, 6.07) is 12.7. The molecule has 1 saturated heterocycles. The highest BCUT2D eigenvalue weighted by Crippen LogP contribution is 2.24. The molecule has 3 aromatic rings. The van der Waals surface area contributed by atoms with E-state index in [1.807, 2.05) is 26.8 Å². The maximum absolute atomic E-state index is 13.1. The van der Waals surface area contributed by atoms with Crippen LogP contribution >= 0.6 is 11.6 Å². The molecule has 202 valence electrons. The fourth-order valence-corrected chi connectivity index (χ4v) is 7.08. The van der Waals surface area contributed by atoms with E-state index in [9.17, 15) is 21.6 Å². The van der Waals surface area contributed by atoms with Crippen LogP contribution in [-0.4, -0.2) is 62.3 Å². The smallest absolute Gasteiger partial charge is 0.275 e. The Labute approximate surface area is 227 Å². The highest BCUT2D eigenvalue weighted by molar-refractivity contribution is 7.90. The number of aryl methyl sites for hydroxylation is 1. The minimum Gasteiger partial charge on any atom is -0.373 e. The molecule has 1 aromatic heterocycles. The Kier molecular flexibility index (Phi) is 8.19. The molecular weight excluding hydrogens is 552 g/mol. The van der Waals surface area contributed by atoms with Crippen molar-refractivity contribution in [3.63, 3.8) is 0 Å². The highest BCUT2D eigenvalue weighted by atomic mass is 35.5. The number of morpholine rings is 1. The van der Waals surface area contributed by atoms with Gasteiger partial charge in [0.25, 0.3) is 5.91 Å². The first-order valence-electron chi connectivity index (χ1n) is 11.7. The van der Waals surface area contributed by atoms with E-state index in [1.54, 1.807) is 18.2 Å². The number of carbonyl (C=O) groups is 1. The van der Waals surface area contributed by atoms with Gasteiger partial charge in [0.2, 0.25) is 25.0 Å². The molecule has 2 unspecified atom stereocenters. The molecule has 0 radical (unpaired) electrons. The first kappa shape index (κ1) is 28.1. The number of amides is 1. The van der Waals surface area contributed by atoms with Crippen LogP contribution in [0.3, 0.4) is 0 Å². The van der Waals surface area contributed by atoms with Crippen molar-refractivity contribution in [2.45, 2.75) is 48.8 Å². The Morgan fingerprint density at radius 2 is 1.74 bits per heavy atom. The van der Waals surface area contributed by atoms with Crippen LogP contribution in [0, 0.1) is 6.92 Å². The number of hydrogen-bond donors (Lipinski definition) is 1. The van der Waals surface area contributed by atoms with Gasteiger partial charge in [-0.15, -0.1) is 0 Å². The molecule has 2 atom stereocenters. The Hall–Kier alpha value is -2.90. The Morgan fingerprint density at radius 3 is 2.37 bits per heavy atom. The molecule has 4 rings (SSSR count). The van der Waals surface area contributed by atoms with Gasteiger partial charge in [0.1, 0.15) is 0 Å². The van der Waals surface area contributed by atoms with Crippen molar-refractivity contribution in [2.75, 3.05) is 18.4 Å². The topological polar surface area (TPSA) is 136 Å². The standard InChI is InChI=1S/C25H27ClN4O6S2/c1-16-5-4-6-19(11-16)15-37(32,33)25-27-12-22(26)23(29-25)24(31)28-20-7-9-21(10-8-20)38(34,35)30-13-17(2)36-18(3)14-30/h4-12,17-18H,13-15H2,1-3H3,(H,28,31). The number of nitrogens with zero attached hydrogens (tertiary/aromatic N) is 3. The van der Waals surface area contributed by atoms with E-state index in [0.29, 0.717) is 5.56 Å². The molecule has 38 heavy (non-hydrogen) atoms. The van der Waals surface area contributed by atoms with E-state index >= 15 is 0 Å². The lowest BCUT2D eigenvalue weighted by atomic mass is 10.2. The van der Waals surface area contributed by atoms with Crippen LogP contribution in [-0.2, 0) is 30.4 Å². The second kappa shape index (κ2) is 11.1. The van der Waals surface area contributed by atoms with Crippen molar-refractivity contribution in [1.29, 1.82) is 0 Å². The number of ether oxygens (including phenoxy) is 1.